The highest BCUT2D eigenvalue weighted by Gasteiger charge is 2.16. The van der Waals surface area contributed by atoms with Gasteiger partial charge in [-0.05, 0) is 24.6 Å². The van der Waals surface area contributed by atoms with Crippen molar-refractivity contribution < 1.29 is 4.52 Å². The van der Waals surface area contributed by atoms with Crippen LogP contribution in [-0.2, 0) is 0 Å². The molecular formula is C19H14N4O2. The van der Waals surface area contributed by atoms with Crippen LogP contribution in [0.25, 0.3) is 28.7 Å². The fourth-order valence-electron chi connectivity index (χ4n) is 2.53. The van der Waals surface area contributed by atoms with Crippen molar-refractivity contribution >= 4 is 0 Å². The number of hydrogen-bond donors (Lipinski definition) is 0. The van der Waals surface area contributed by atoms with Crippen molar-refractivity contribution in [3.63, 3.8) is 0 Å². The van der Waals surface area contributed by atoms with Crippen molar-refractivity contribution in [2.45, 2.75) is 6.92 Å². The Labute approximate surface area is 143 Å². The van der Waals surface area contributed by atoms with Crippen LogP contribution >= 0.6 is 0 Å². The quantitative estimate of drug-likeness (QED) is 0.576. The molecule has 4 aromatic rings. The normalized spacial score (nSPS) is 10.8. The van der Waals surface area contributed by atoms with Gasteiger partial charge in [-0.15, -0.1) is 0 Å². The third kappa shape index (κ3) is 2.85. The molecule has 2 heterocycles. The summed E-state index contributed by atoms with van der Waals surface area (Å²) in [5, 5.41) is 8.34. The van der Waals surface area contributed by atoms with Crippen LogP contribution in [0.3, 0.4) is 0 Å². The summed E-state index contributed by atoms with van der Waals surface area (Å²) in [7, 11) is 0. The lowest BCUT2D eigenvalue weighted by molar-refractivity contribution is 0.429. The highest BCUT2D eigenvalue weighted by molar-refractivity contribution is 5.61. The molecule has 0 saturated carbocycles. The SMILES string of the molecule is Cc1ccccc1-c1noc(-c2nn(-c3ccccc3)ccc2=O)n1. The summed E-state index contributed by atoms with van der Waals surface area (Å²) in [4.78, 5) is 16.6. The van der Waals surface area contributed by atoms with Gasteiger partial charge < -0.3 is 4.52 Å². The highest BCUT2D eigenvalue weighted by Crippen LogP contribution is 2.22. The van der Waals surface area contributed by atoms with E-state index in [4.69, 9.17) is 4.52 Å². The highest BCUT2D eigenvalue weighted by atomic mass is 16.5. The first-order valence-corrected chi connectivity index (χ1v) is 7.78. The summed E-state index contributed by atoms with van der Waals surface area (Å²) in [6.07, 6.45) is 1.61. The molecule has 0 aliphatic carbocycles. The standard InChI is InChI=1S/C19H14N4O2/c1-13-7-5-6-10-15(13)18-20-19(25-22-18)17-16(24)11-12-23(21-17)14-8-3-2-4-9-14/h2-12H,1H3. The van der Waals surface area contributed by atoms with E-state index in [-0.39, 0.29) is 17.0 Å². The van der Waals surface area contributed by atoms with E-state index in [1.54, 1.807) is 10.9 Å². The zero-order valence-corrected chi connectivity index (χ0v) is 13.5. The number of hydrogen-bond acceptors (Lipinski definition) is 5. The molecule has 0 aliphatic heterocycles. The second-order valence-corrected chi connectivity index (χ2v) is 5.55. The van der Waals surface area contributed by atoms with Crippen molar-refractivity contribution in [3.8, 4) is 28.7 Å². The number of para-hydroxylation sites is 1. The molecule has 2 aromatic carbocycles. The molecule has 0 amide bonds. The van der Waals surface area contributed by atoms with Crippen molar-refractivity contribution in [2.75, 3.05) is 0 Å². The van der Waals surface area contributed by atoms with Gasteiger partial charge >= 0.3 is 0 Å². The molecule has 2 aromatic heterocycles. The molecule has 0 fully saturated rings. The van der Waals surface area contributed by atoms with Crippen LogP contribution in [-0.4, -0.2) is 19.9 Å². The molecule has 6 heteroatoms. The van der Waals surface area contributed by atoms with Gasteiger partial charge in [0.05, 0.1) is 5.69 Å². The molecule has 4 rings (SSSR count). The molecule has 0 aliphatic rings. The minimum absolute atomic E-state index is 0.105. The zero-order valence-electron chi connectivity index (χ0n) is 13.5. The van der Waals surface area contributed by atoms with E-state index in [1.165, 1.54) is 6.07 Å². The van der Waals surface area contributed by atoms with Crippen LogP contribution < -0.4 is 5.43 Å². The van der Waals surface area contributed by atoms with E-state index in [0.29, 0.717) is 5.82 Å². The number of nitrogens with zero attached hydrogens (tertiary/aromatic N) is 4. The van der Waals surface area contributed by atoms with Gasteiger partial charge in [0.15, 0.2) is 5.69 Å². The molecular weight excluding hydrogens is 316 g/mol. The van der Waals surface area contributed by atoms with Gasteiger partial charge in [-0.3, -0.25) is 4.79 Å². The monoisotopic (exact) mass is 330 g/mol. The Hall–Kier alpha value is -3.54. The van der Waals surface area contributed by atoms with E-state index in [9.17, 15) is 4.79 Å². The van der Waals surface area contributed by atoms with Gasteiger partial charge in [0, 0.05) is 17.8 Å². The summed E-state index contributed by atoms with van der Waals surface area (Å²) in [5.74, 6) is 0.540. The lowest BCUT2D eigenvalue weighted by Crippen LogP contribution is -2.12. The Kier molecular flexibility index (Phi) is 3.70. The van der Waals surface area contributed by atoms with Gasteiger partial charge in [-0.25, -0.2) is 4.68 Å². The lowest BCUT2D eigenvalue weighted by atomic mass is 10.1. The summed E-state index contributed by atoms with van der Waals surface area (Å²) in [6, 6.07) is 18.7. The van der Waals surface area contributed by atoms with Gasteiger partial charge in [0.1, 0.15) is 0 Å². The molecule has 0 saturated heterocycles. The van der Waals surface area contributed by atoms with E-state index < -0.39 is 0 Å². The van der Waals surface area contributed by atoms with E-state index in [2.05, 4.69) is 15.2 Å². The fourth-order valence-corrected chi connectivity index (χ4v) is 2.53. The first-order valence-electron chi connectivity index (χ1n) is 7.78. The molecule has 25 heavy (non-hydrogen) atoms. The first-order chi connectivity index (χ1) is 12.2. The summed E-state index contributed by atoms with van der Waals surface area (Å²) >= 11 is 0. The maximum Gasteiger partial charge on any atom is 0.282 e. The smallest absolute Gasteiger partial charge is 0.282 e. The first kappa shape index (κ1) is 15.0. The molecule has 6 nitrogen and oxygen atoms in total. The topological polar surface area (TPSA) is 73.8 Å². The van der Waals surface area contributed by atoms with Crippen LogP contribution in [0.1, 0.15) is 5.56 Å². The average Bonchev–Trinajstić information content (AvgIpc) is 3.13. The molecule has 0 N–H and O–H groups in total. The third-order valence-electron chi connectivity index (χ3n) is 3.84. The largest absolute Gasteiger partial charge is 0.332 e. The minimum Gasteiger partial charge on any atom is -0.332 e. The number of rotatable bonds is 3. The zero-order chi connectivity index (χ0) is 17.2. The Morgan fingerprint density at radius 3 is 2.52 bits per heavy atom. The lowest BCUT2D eigenvalue weighted by Gasteiger charge is -2.04. The maximum absolute atomic E-state index is 12.2. The summed E-state index contributed by atoms with van der Waals surface area (Å²) < 4.78 is 6.90. The number of aromatic nitrogens is 4. The van der Waals surface area contributed by atoms with Crippen LogP contribution in [0.4, 0.5) is 0 Å². The van der Waals surface area contributed by atoms with Crippen LogP contribution in [0, 0.1) is 6.92 Å². The molecule has 0 atom stereocenters. The van der Waals surface area contributed by atoms with Crippen molar-refractivity contribution in [3.05, 3.63) is 82.6 Å². The van der Waals surface area contributed by atoms with Gasteiger partial charge in [-0.1, -0.05) is 47.6 Å². The minimum atomic E-state index is -0.271. The Bertz CT molecular complexity index is 1080. The van der Waals surface area contributed by atoms with Crippen molar-refractivity contribution in [1.29, 1.82) is 0 Å². The second kappa shape index (κ2) is 6.16. The van der Waals surface area contributed by atoms with E-state index >= 15 is 0 Å². The number of aryl methyl sites for hydroxylation is 1. The Balaban J connectivity index is 1.78. The van der Waals surface area contributed by atoms with Gasteiger partial charge in [-0.2, -0.15) is 10.1 Å². The van der Waals surface area contributed by atoms with Crippen molar-refractivity contribution in [2.24, 2.45) is 0 Å². The average molecular weight is 330 g/mol. The van der Waals surface area contributed by atoms with Crippen molar-refractivity contribution in [1.82, 2.24) is 19.9 Å². The Morgan fingerprint density at radius 2 is 1.72 bits per heavy atom. The predicted molar refractivity (Wildman–Crippen MR) is 93.3 cm³/mol. The van der Waals surface area contributed by atoms with Gasteiger partial charge in [0.25, 0.3) is 5.89 Å². The van der Waals surface area contributed by atoms with E-state index in [0.717, 1.165) is 16.8 Å². The fraction of sp³-hybridized carbons (Fsp3) is 0.0526. The molecule has 0 spiro atoms. The summed E-state index contributed by atoms with van der Waals surface area (Å²) in [5.41, 5.74) is 2.57. The van der Waals surface area contributed by atoms with E-state index in [1.807, 2.05) is 61.5 Å². The van der Waals surface area contributed by atoms with Gasteiger partial charge in [0.2, 0.25) is 11.3 Å². The molecule has 0 radical (unpaired) electrons. The number of benzene rings is 2. The predicted octanol–water partition coefficient (Wildman–Crippen LogP) is 3.26. The summed E-state index contributed by atoms with van der Waals surface area (Å²) in [6.45, 7) is 1.97. The molecule has 122 valence electrons. The maximum atomic E-state index is 12.2. The molecule has 0 bridgehead atoms. The molecule has 0 unspecified atom stereocenters. The van der Waals surface area contributed by atoms with Crippen LogP contribution in [0.2, 0.25) is 0 Å². The Morgan fingerprint density at radius 1 is 0.960 bits per heavy atom. The van der Waals surface area contributed by atoms with Crippen LogP contribution in [0.15, 0.2) is 76.2 Å². The van der Waals surface area contributed by atoms with Crippen LogP contribution in [0.5, 0.6) is 0 Å². The second-order valence-electron chi connectivity index (χ2n) is 5.55. The third-order valence-corrected chi connectivity index (χ3v) is 3.84.